The second kappa shape index (κ2) is 45.8. The van der Waals surface area contributed by atoms with Crippen molar-refractivity contribution in [3.8, 4) is 0 Å². The molecule has 0 radical (unpaired) electrons. The Morgan fingerprint density at radius 1 is 0.459 bits per heavy atom. The van der Waals surface area contributed by atoms with Crippen molar-refractivity contribution in [2.75, 3.05) is 27.9 Å². The fourth-order valence-corrected chi connectivity index (χ4v) is 2.53. The first-order valence-corrected chi connectivity index (χ1v) is 15.6. The van der Waals surface area contributed by atoms with Crippen molar-refractivity contribution in [1.29, 1.82) is 0 Å². The summed E-state index contributed by atoms with van der Waals surface area (Å²) in [5.74, 6) is 2.61. The van der Waals surface area contributed by atoms with Gasteiger partial charge in [0.25, 0.3) is 0 Å². The molecule has 0 spiro atoms. The highest BCUT2D eigenvalue weighted by atomic mass is 16.5. The molecule has 4 atom stereocenters. The van der Waals surface area contributed by atoms with Gasteiger partial charge in [-0.1, -0.05) is 141 Å². The molecular formula is C34H80O3. The third kappa shape index (κ3) is 61.5. The highest BCUT2D eigenvalue weighted by Crippen LogP contribution is 2.07. The van der Waals surface area contributed by atoms with Gasteiger partial charge in [-0.05, 0) is 44.4 Å². The summed E-state index contributed by atoms with van der Waals surface area (Å²) in [6.45, 7) is 27.3. The second-order valence-corrected chi connectivity index (χ2v) is 10.5. The van der Waals surface area contributed by atoms with Gasteiger partial charge < -0.3 is 14.2 Å². The monoisotopic (exact) mass is 537 g/mol. The van der Waals surface area contributed by atoms with E-state index in [1.54, 1.807) is 21.3 Å². The van der Waals surface area contributed by atoms with Gasteiger partial charge in [0.15, 0.2) is 0 Å². The summed E-state index contributed by atoms with van der Waals surface area (Å²) in [4.78, 5) is 0. The van der Waals surface area contributed by atoms with Crippen LogP contribution in [0.15, 0.2) is 0 Å². The molecule has 0 aliphatic carbocycles. The first kappa shape index (κ1) is 49.8. The maximum atomic E-state index is 5.13. The summed E-state index contributed by atoms with van der Waals surface area (Å²) >= 11 is 0. The van der Waals surface area contributed by atoms with Crippen LogP contribution >= 0.6 is 0 Å². The number of unbranched alkanes of at least 4 members (excludes halogenated alkanes) is 3. The van der Waals surface area contributed by atoms with E-state index in [1.807, 2.05) is 0 Å². The third-order valence-corrected chi connectivity index (χ3v) is 6.86. The Balaban J connectivity index is -0.0000000818. The van der Waals surface area contributed by atoms with Crippen molar-refractivity contribution in [3.05, 3.63) is 0 Å². The van der Waals surface area contributed by atoms with E-state index in [2.05, 4.69) is 83.1 Å². The summed E-state index contributed by atoms with van der Waals surface area (Å²) in [6.07, 6.45) is 16.6. The third-order valence-electron chi connectivity index (χ3n) is 6.86. The van der Waals surface area contributed by atoms with Crippen molar-refractivity contribution in [2.24, 2.45) is 17.8 Å². The average molecular weight is 537 g/mol. The van der Waals surface area contributed by atoms with Gasteiger partial charge in [-0.25, -0.2) is 0 Å². The van der Waals surface area contributed by atoms with E-state index in [4.69, 9.17) is 14.2 Å². The van der Waals surface area contributed by atoms with Gasteiger partial charge in [0.05, 0.1) is 12.2 Å². The van der Waals surface area contributed by atoms with Crippen LogP contribution in [0.3, 0.4) is 0 Å². The molecule has 234 valence electrons. The van der Waals surface area contributed by atoms with E-state index in [-0.39, 0.29) is 7.43 Å². The highest BCUT2D eigenvalue weighted by Gasteiger charge is 1.97. The zero-order valence-electron chi connectivity index (χ0n) is 28.3. The van der Waals surface area contributed by atoms with Crippen LogP contribution in [0.2, 0.25) is 0 Å². The normalized spacial score (nSPS) is 13.0. The van der Waals surface area contributed by atoms with Crippen LogP contribution in [0.25, 0.3) is 0 Å². The SMILES string of the molecule is C.CCC(C)CC.CCC(C)COC.CCC(C)OC.CCCC(C)CC.CCCCCCC(C)OC. The lowest BCUT2D eigenvalue weighted by Crippen LogP contribution is -2.03. The molecule has 0 rings (SSSR count). The first-order valence-electron chi connectivity index (χ1n) is 15.6. The molecule has 0 heterocycles. The smallest absolute Gasteiger partial charge is 0.0543 e. The van der Waals surface area contributed by atoms with Gasteiger partial charge in [-0.15, -0.1) is 0 Å². The van der Waals surface area contributed by atoms with Gasteiger partial charge in [-0.2, -0.15) is 0 Å². The van der Waals surface area contributed by atoms with Crippen molar-refractivity contribution in [1.82, 2.24) is 0 Å². The van der Waals surface area contributed by atoms with Gasteiger partial charge >= 0.3 is 0 Å². The van der Waals surface area contributed by atoms with Crippen molar-refractivity contribution < 1.29 is 14.2 Å². The van der Waals surface area contributed by atoms with E-state index < -0.39 is 0 Å². The second-order valence-electron chi connectivity index (χ2n) is 10.5. The molecule has 0 saturated carbocycles. The largest absolute Gasteiger partial charge is 0.384 e. The summed E-state index contributed by atoms with van der Waals surface area (Å²) in [5, 5.41) is 0. The fraction of sp³-hybridized carbons (Fsp3) is 1.00. The van der Waals surface area contributed by atoms with E-state index in [1.165, 1.54) is 70.6 Å². The van der Waals surface area contributed by atoms with E-state index >= 15 is 0 Å². The lowest BCUT2D eigenvalue weighted by molar-refractivity contribution is 0.108. The fourth-order valence-electron chi connectivity index (χ4n) is 2.53. The summed E-state index contributed by atoms with van der Waals surface area (Å²) in [5.41, 5.74) is 0. The lowest BCUT2D eigenvalue weighted by Gasteiger charge is -2.07. The van der Waals surface area contributed by atoms with Crippen LogP contribution in [0.5, 0.6) is 0 Å². The molecule has 0 amide bonds. The highest BCUT2D eigenvalue weighted by molar-refractivity contribution is 4.49. The zero-order valence-corrected chi connectivity index (χ0v) is 28.3. The van der Waals surface area contributed by atoms with Gasteiger partial charge in [-0.3, -0.25) is 0 Å². The molecule has 0 fully saturated rings. The molecular weight excluding hydrogens is 456 g/mol. The Morgan fingerprint density at radius 2 is 0.919 bits per heavy atom. The summed E-state index contributed by atoms with van der Waals surface area (Å²) in [6, 6.07) is 0. The van der Waals surface area contributed by atoms with E-state index in [9.17, 15) is 0 Å². The topological polar surface area (TPSA) is 27.7 Å². The van der Waals surface area contributed by atoms with Gasteiger partial charge in [0, 0.05) is 27.9 Å². The molecule has 4 unspecified atom stereocenters. The number of hydrogen-bond donors (Lipinski definition) is 0. The van der Waals surface area contributed by atoms with Crippen molar-refractivity contribution >= 4 is 0 Å². The standard InChI is InChI=1S/C9H20O.C7H16.C6H14O.C6H14.C5H12O.CH4/c1-4-5-6-7-8-9(2)10-3;1-4-6-7(3)5-2;1-4-6(2)5-7-3;1-4-6(3)5-2;1-4-5(2)6-3;/h9H,4-8H2,1-3H3;7H,4-6H2,1-3H3;6H,4-5H2,1-3H3;6H,4-5H2,1-3H3;5H,4H2,1-3H3;1H4. The molecule has 3 nitrogen and oxygen atoms in total. The zero-order chi connectivity index (χ0) is 29.2. The molecule has 0 aromatic heterocycles. The predicted molar refractivity (Wildman–Crippen MR) is 174 cm³/mol. The Kier molecular flexibility index (Phi) is 61.6. The summed E-state index contributed by atoms with van der Waals surface area (Å²) in [7, 11) is 5.25. The quantitative estimate of drug-likeness (QED) is 0.184. The molecule has 3 heteroatoms. The van der Waals surface area contributed by atoms with Crippen LogP contribution in [0, 0.1) is 17.8 Å². The molecule has 0 aliphatic rings. The number of methoxy groups -OCH3 is 3. The molecule has 37 heavy (non-hydrogen) atoms. The maximum Gasteiger partial charge on any atom is 0.0543 e. The van der Waals surface area contributed by atoms with Crippen LogP contribution < -0.4 is 0 Å². The van der Waals surface area contributed by atoms with Crippen LogP contribution in [-0.4, -0.2) is 40.1 Å². The summed E-state index contributed by atoms with van der Waals surface area (Å²) < 4.78 is 14.9. The Morgan fingerprint density at radius 3 is 1.11 bits per heavy atom. The average Bonchev–Trinajstić information content (AvgIpc) is 2.91. The Hall–Kier alpha value is -0.120. The predicted octanol–water partition coefficient (Wildman–Crippen LogP) is 12.0. The minimum Gasteiger partial charge on any atom is -0.384 e. The maximum absolute atomic E-state index is 5.13. The molecule has 0 aromatic rings. The molecule has 0 N–H and O–H groups in total. The van der Waals surface area contributed by atoms with E-state index in [0.717, 1.165) is 30.8 Å². The molecule has 0 aliphatic heterocycles. The van der Waals surface area contributed by atoms with Crippen molar-refractivity contribution in [2.45, 2.75) is 180 Å². The number of ether oxygens (including phenoxy) is 3. The molecule has 0 bridgehead atoms. The van der Waals surface area contributed by atoms with Crippen molar-refractivity contribution in [3.63, 3.8) is 0 Å². The minimum atomic E-state index is 0. The van der Waals surface area contributed by atoms with Gasteiger partial charge in [0.1, 0.15) is 0 Å². The Labute approximate surface area is 239 Å². The number of hydrogen-bond acceptors (Lipinski definition) is 3. The first-order chi connectivity index (χ1) is 17.0. The minimum absolute atomic E-state index is 0. The number of rotatable bonds is 16. The van der Waals surface area contributed by atoms with Crippen LogP contribution in [0.4, 0.5) is 0 Å². The molecule has 0 aromatic carbocycles. The van der Waals surface area contributed by atoms with Crippen LogP contribution in [0.1, 0.15) is 168 Å². The lowest BCUT2D eigenvalue weighted by atomic mass is 10.0. The Bertz CT molecular complexity index is 292. The van der Waals surface area contributed by atoms with E-state index in [0.29, 0.717) is 12.2 Å². The molecule has 0 saturated heterocycles. The van der Waals surface area contributed by atoms with Gasteiger partial charge in [0.2, 0.25) is 0 Å². The van der Waals surface area contributed by atoms with Crippen LogP contribution in [-0.2, 0) is 14.2 Å².